The molecule has 0 unspecified atom stereocenters. The van der Waals surface area contributed by atoms with Crippen molar-refractivity contribution in [2.24, 2.45) is 0 Å². The Hall–Kier alpha value is -2.84. The van der Waals surface area contributed by atoms with Crippen LogP contribution in [0, 0.1) is 0 Å². The Bertz CT molecular complexity index is 672. The quantitative estimate of drug-likeness (QED) is 0.871. The lowest BCUT2D eigenvalue weighted by Crippen LogP contribution is -2.21. The molecule has 0 saturated heterocycles. The van der Waals surface area contributed by atoms with Gasteiger partial charge in [0.1, 0.15) is 5.69 Å². The van der Waals surface area contributed by atoms with Crippen LogP contribution in [0.3, 0.4) is 0 Å². The molecule has 0 saturated carbocycles. The molecule has 0 atom stereocenters. The molecule has 0 bridgehead atoms. The van der Waals surface area contributed by atoms with E-state index in [2.05, 4.69) is 15.3 Å². The second-order valence-corrected chi connectivity index (χ2v) is 3.95. The minimum absolute atomic E-state index is 0.0303. The van der Waals surface area contributed by atoms with Gasteiger partial charge in [-0.1, -0.05) is 0 Å². The summed E-state index contributed by atoms with van der Waals surface area (Å²) in [5, 5.41) is 11.2. The Balaban J connectivity index is 2.23. The van der Waals surface area contributed by atoms with Gasteiger partial charge in [0, 0.05) is 18.6 Å². The number of hydrogen-bond donors (Lipinski definition) is 2. The Morgan fingerprint density at radius 2 is 2.05 bits per heavy atom. The van der Waals surface area contributed by atoms with E-state index in [9.17, 15) is 18.4 Å². The first-order valence-electron chi connectivity index (χ1n) is 5.78. The van der Waals surface area contributed by atoms with Crippen LogP contribution in [0.4, 0.5) is 14.6 Å². The SMILES string of the molecule is O=C(O)c1nccnc1NC(=O)c1cccn1CC(F)F. The maximum absolute atomic E-state index is 12.4. The van der Waals surface area contributed by atoms with Gasteiger partial charge in [0.25, 0.3) is 12.3 Å². The van der Waals surface area contributed by atoms with Crippen molar-refractivity contribution in [1.29, 1.82) is 0 Å². The topological polar surface area (TPSA) is 97.1 Å². The van der Waals surface area contributed by atoms with E-state index in [-0.39, 0.29) is 11.5 Å². The number of alkyl halides is 2. The van der Waals surface area contributed by atoms with E-state index >= 15 is 0 Å². The van der Waals surface area contributed by atoms with E-state index in [1.54, 1.807) is 0 Å². The maximum atomic E-state index is 12.4. The first-order chi connectivity index (χ1) is 9.99. The zero-order chi connectivity index (χ0) is 15.4. The first kappa shape index (κ1) is 14.6. The molecule has 0 fully saturated rings. The maximum Gasteiger partial charge on any atom is 0.358 e. The fourth-order valence-corrected chi connectivity index (χ4v) is 1.69. The Labute approximate surface area is 117 Å². The van der Waals surface area contributed by atoms with Gasteiger partial charge in [-0.15, -0.1) is 0 Å². The minimum atomic E-state index is -2.62. The van der Waals surface area contributed by atoms with Gasteiger partial charge in [-0.25, -0.2) is 23.5 Å². The van der Waals surface area contributed by atoms with Gasteiger partial charge in [-0.3, -0.25) is 4.79 Å². The highest BCUT2D eigenvalue weighted by Gasteiger charge is 2.18. The van der Waals surface area contributed by atoms with Crippen LogP contribution < -0.4 is 5.32 Å². The summed E-state index contributed by atoms with van der Waals surface area (Å²) in [6.07, 6.45) is 1.09. The summed E-state index contributed by atoms with van der Waals surface area (Å²) in [7, 11) is 0. The molecule has 2 aromatic rings. The van der Waals surface area contributed by atoms with Crippen molar-refractivity contribution in [3.63, 3.8) is 0 Å². The van der Waals surface area contributed by atoms with Crippen LogP contribution in [0.1, 0.15) is 21.0 Å². The molecule has 0 radical (unpaired) electrons. The number of carbonyl (C=O) groups is 2. The Morgan fingerprint density at radius 1 is 1.33 bits per heavy atom. The van der Waals surface area contributed by atoms with Crippen molar-refractivity contribution in [3.05, 3.63) is 42.1 Å². The molecule has 2 rings (SSSR count). The summed E-state index contributed by atoms with van der Waals surface area (Å²) < 4.78 is 25.8. The lowest BCUT2D eigenvalue weighted by molar-refractivity contribution is 0.0691. The second kappa shape index (κ2) is 6.07. The predicted octanol–water partition coefficient (Wildman–Crippen LogP) is 1.49. The van der Waals surface area contributed by atoms with Crippen molar-refractivity contribution in [2.75, 3.05) is 5.32 Å². The molecular weight excluding hydrogens is 286 g/mol. The number of nitrogens with zero attached hydrogens (tertiary/aromatic N) is 3. The van der Waals surface area contributed by atoms with Crippen LogP contribution in [-0.2, 0) is 6.54 Å². The number of aromatic carboxylic acids is 1. The number of amides is 1. The summed E-state index contributed by atoms with van der Waals surface area (Å²) in [6, 6.07) is 2.78. The smallest absolute Gasteiger partial charge is 0.358 e. The van der Waals surface area contributed by atoms with Crippen molar-refractivity contribution >= 4 is 17.7 Å². The molecule has 2 N–H and O–H groups in total. The van der Waals surface area contributed by atoms with Crippen molar-refractivity contribution in [1.82, 2.24) is 14.5 Å². The number of halogens is 2. The Morgan fingerprint density at radius 3 is 2.71 bits per heavy atom. The van der Waals surface area contributed by atoms with E-state index in [4.69, 9.17) is 5.11 Å². The number of carboxylic acid groups (broad SMARTS) is 1. The Kier molecular flexibility index (Phi) is 4.21. The number of carboxylic acids is 1. The molecular formula is C12H10F2N4O3. The van der Waals surface area contributed by atoms with Crippen LogP contribution in [0.25, 0.3) is 0 Å². The van der Waals surface area contributed by atoms with Crippen molar-refractivity contribution < 1.29 is 23.5 Å². The lowest BCUT2D eigenvalue weighted by Gasteiger charge is -2.09. The van der Waals surface area contributed by atoms with Crippen LogP contribution in [0.2, 0.25) is 0 Å². The number of rotatable bonds is 5. The van der Waals surface area contributed by atoms with E-state index in [0.29, 0.717) is 0 Å². The van der Waals surface area contributed by atoms with Gasteiger partial charge in [0.15, 0.2) is 11.5 Å². The van der Waals surface area contributed by atoms with Crippen molar-refractivity contribution in [2.45, 2.75) is 13.0 Å². The largest absolute Gasteiger partial charge is 0.476 e. The summed E-state index contributed by atoms with van der Waals surface area (Å²) in [4.78, 5) is 30.2. The number of carbonyl (C=O) groups excluding carboxylic acids is 1. The molecule has 0 spiro atoms. The molecule has 1 amide bonds. The first-order valence-corrected chi connectivity index (χ1v) is 5.78. The van der Waals surface area contributed by atoms with Gasteiger partial charge in [-0.2, -0.15) is 0 Å². The van der Waals surface area contributed by atoms with Crippen molar-refractivity contribution in [3.8, 4) is 0 Å². The van der Waals surface area contributed by atoms with E-state index in [1.165, 1.54) is 30.7 Å². The summed E-state index contributed by atoms with van der Waals surface area (Å²) in [6.45, 7) is -0.637. The summed E-state index contributed by atoms with van der Waals surface area (Å²) >= 11 is 0. The van der Waals surface area contributed by atoms with E-state index < -0.39 is 30.5 Å². The highest BCUT2D eigenvalue weighted by molar-refractivity contribution is 6.05. The third kappa shape index (κ3) is 3.38. The van der Waals surface area contributed by atoms with E-state index in [1.807, 2.05) is 0 Å². The van der Waals surface area contributed by atoms with Gasteiger partial charge in [0.2, 0.25) is 0 Å². The molecule has 9 heteroatoms. The molecule has 21 heavy (non-hydrogen) atoms. The average Bonchev–Trinajstić information content (AvgIpc) is 2.86. The molecule has 110 valence electrons. The molecule has 0 aliphatic rings. The van der Waals surface area contributed by atoms with Gasteiger partial charge in [0.05, 0.1) is 6.54 Å². The molecule has 0 aromatic carbocycles. The standard InChI is InChI=1S/C12H10F2N4O3/c13-8(14)6-18-5-1-2-7(18)11(19)17-10-9(12(20)21)15-3-4-16-10/h1-5,8H,6H2,(H,20,21)(H,16,17,19). The third-order valence-corrected chi connectivity index (χ3v) is 2.53. The zero-order valence-corrected chi connectivity index (χ0v) is 10.5. The zero-order valence-electron chi connectivity index (χ0n) is 10.5. The number of hydrogen-bond acceptors (Lipinski definition) is 4. The molecule has 0 aliphatic carbocycles. The van der Waals surface area contributed by atoms with Gasteiger partial charge >= 0.3 is 5.97 Å². The fourth-order valence-electron chi connectivity index (χ4n) is 1.69. The molecule has 2 aromatic heterocycles. The van der Waals surface area contributed by atoms with Crippen LogP contribution in [0.15, 0.2) is 30.7 Å². The third-order valence-electron chi connectivity index (χ3n) is 2.53. The van der Waals surface area contributed by atoms with Gasteiger partial charge < -0.3 is 15.0 Å². The molecule has 2 heterocycles. The minimum Gasteiger partial charge on any atom is -0.476 e. The number of anilines is 1. The van der Waals surface area contributed by atoms with Crippen LogP contribution in [-0.4, -0.2) is 37.9 Å². The second-order valence-electron chi connectivity index (χ2n) is 3.95. The number of aromatic nitrogens is 3. The van der Waals surface area contributed by atoms with Gasteiger partial charge in [-0.05, 0) is 12.1 Å². The highest BCUT2D eigenvalue weighted by Crippen LogP contribution is 2.12. The summed E-state index contributed by atoms with van der Waals surface area (Å²) in [5.74, 6) is -2.36. The van der Waals surface area contributed by atoms with Crippen LogP contribution in [0.5, 0.6) is 0 Å². The predicted molar refractivity (Wildman–Crippen MR) is 67.4 cm³/mol. The molecule has 0 aliphatic heterocycles. The number of nitrogens with one attached hydrogen (secondary N) is 1. The lowest BCUT2D eigenvalue weighted by atomic mass is 10.3. The highest BCUT2D eigenvalue weighted by atomic mass is 19.3. The van der Waals surface area contributed by atoms with E-state index in [0.717, 1.165) is 4.57 Å². The summed E-state index contributed by atoms with van der Waals surface area (Å²) in [5.41, 5.74) is -0.463. The monoisotopic (exact) mass is 296 g/mol. The molecule has 7 nitrogen and oxygen atoms in total. The van der Waals surface area contributed by atoms with Crippen LogP contribution >= 0.6 is 0 Å². The average molecular weight is 296 g/mol. The fraction of sp³-hybridized carbons (Fsp3) is 0.167. The normalized spacial score (nSPS) is 10.6.